The molecule has 152 valence electrons. The van der Waals surface area contributed by atoms with Crippen molar-refractivity contribution in [2.45, 2.75) is 0 Å². The van der Waals surface area contributed by atoms with Crippen LogP contribution in [0, 0.1) is 0 Å². The molecule has 1 aliphatic heterocycles. The summed E-state index contributed by atoms with van der Waals surface area (Å²) in [7, 11) is 0. The summed E-state index contributed by atoms with van der Waals surface area (Å²) in [4.78, 5) is 17.6. The number of furan rings is 1. The Balaban J connectivity index is 1.43. The maximum absolute atomic E-state index is 12.5. The van der Waals surface area contributed by atoms with Crippen LogP contribution in [0.3, 0.4) is 0 Å². The van der Waals surface area contributed by atoms with Gasteiger partial charge in [-0.1, -0.05) is 65.7 Å². The second-order valence-corrected chi connectivity index (χ2v) is 8.62. The Labute approximate surface area is 192 Å². The van der Waals surface area contributed by atoms with E-state index in [1.807, 2.05) is 42.5 Å². The average Bonchev–Trinajstić information content (AvgIpc) is 3.35. The fourth-order valence-electron chi connectivity index (χ4n) is 3.32. The highest BCUT2D eigenvalue weighted by molar-refractivity contribution is 8.18. The summed E-state index contributed by atoms with van der Waals surface area (Å²) in [5.74, 6) is 0.836. The number of hydrogen-bond acceptors (Lipinski definition) is 4. The van der Waals surface area contributed by atoms with Crippen molar-refractivity contribution in [3.63, 3.8) is 0 Å². The highest BCUT2D eigenvalue weighted by atomic mass is 35.5. The molecule has 1 saturated heterocycles. The second-order valence-electron chi connectivity index (χ2n) is 6.78. The van der Waals surface area contributed by atoms with Gasteiger partial charge in [-0.25, -0.2) is 4.99 Å². The van der Waals surface area contributed by atoms with Crippen molar-refractivity contribution >= 4 is 68.6 Å². The van der Waals surface area contributed by atoms with E-state index in [1.54, 1.807) is 36.4 Å². The van der Waals surface area contributed by atoms with Gasteiger partial charge in [-0.2, -0.15) is 0 Å². The molecule has 2 heterocycles. The number of carbonyl (C=O) groups excluding carboxylic acids is 1. The first-order valence-corrected chi connectivity index (χ1v) is 11.0. The van der Waals surface area contributed by atoms with E-state index in [0.717, 1.165) is 16.5 Å². The second kappa shape index (κ2) is 8.27. The van der Waals surface area contributed by atoms with Gasteiger partial charge < -0.3 is 9.73 Å². The number of nitrogens with one attached hydrogen (secondary N) is 1. The third-order valence-corrected chi connectivity index (χ3v) is 6.29. The molecule has 4 aromatic rings. The van der Waals surface area contributed by atoms with E-state index < -0.39 is 0 Å². The highest BCUT2D eigenvalue weighted by Crippen LogP contribution is 2.37. The fourth-order valence-corrected chi connectivity index (χ4v) is 4.72. The lowest BCUT2D eigenvalue weighted by molar-refractivity contribution is -0.115. The number of amides is 1. The van der Waals surface area contributed by atoms with Gasteiger partial charge in [0, 0.05) is 11.5 Å². The van der Waals surface area contributed by atoms with E-state index in [-0.39, 0.29) is 5.91 Å². The Morgan fingerprint density at radius 1 is 0.903 bits per heavy atom. The number of fused-ring (bicyclic) bond motifs is 1. The molecule has 1 aliphatic rings. The number of halogens is 2. The van der Waals surface area contributed by atoms with Crippen LogP contribution < -0.4 is 5.32 Å². The van der Waals surface area contributed by atoms with Gasteiger partial charge >= 0.3 is 0 Å². The molecule has 0 saturated carbocycles. The number of rotatable bonds is 3. The number of hydrogen-bond donors (Lipinski definition) is 1. The van der Waals surface area contributed by atoms with Gasteiger partial charge in [0.1, 0.15) is 11.5 Å². The lowest BCUT2D eigenvalue weighted by Gasteiger charge is -2.02. The molecule has 0 radical (unpaired) electrons. The quantitative estimate of drug-likeness (QED) is 0.323. The molecule has 1 amide bonds. The topological polar surface area (TPSA) is 54.6 Å². The van der Waals surface area contributed by atoms with Crippen molar-refractivity contribution in [1.29, 1.82) is 0 Å². The summed E-state index contributed by atoms with van der Waals surface area (Å²) >= 11 is 13.8. The number of nitrogens with zero attached hydrogens (tertiary/aromatic N) is 1. The summed E-state index contributed by atoms with van der Waals surface area (Å²) < 4.78 is 5.87. The van der Waals surface area contributed by atoms with Gasteiger partial charge in [0.25, 0.3) is 5.91 Å². The monoisotopic (exact) mass is 464 g/mol. The summed E-state index contributed by atoms with van der Waals surface area (Å²) in [6.45, 7) is 0. The molecule has 0 atom stereocenters. The van der Waals surface area contributed by atoms with Crippen molar-refractivity contribution < 1.29 is 9.21 Å². The number of carbonyl (C=O) groups is 1. The standard InChI is InChI=1S/C24H14Cl2N2O2S/c25-17-8-4-9-18(26)22(17)20-12-11-15(30-20)13-21-23(29)28-24(31-21)27-19-10-3-6-14-5-1-2-7-16(14)19/h1-13H,(H,27,28,29). The lowest BCUT2D eigenvalue weighted by atomic mass is 10.1. The smallest absolute Gasteiger partial charge is 0.264 e. The molecular formula is C24H14Cl2N2O2S. The summed E-state index contributed by atoms with van der Waals surface area (Å²) in [6.07, 6.45) is 1.68. The van der Waals surface area contributed by atoms with Crippen molar-refractivity contribution in [1.82, 2.24) is 5.32 Å². The maximum atomic E-state index is 12.5. The number of aliphatic imine (C=N–C) groups is 1. The van der Waals surface area contributed by atoms with Crippen LogP contribution in [0.2, 0.25) is 10.0 Å². The van der Waals surface area contributed by atoms with Gasteiger partial charge in [0.2, 0.25) is 0 Å². The first-order chi connectivity index (χ1) is 15.1. The molecule has 4 nitrogen and oxygen atoms in total. The minimum absolute atomic E-state index is 0.224. The van der Waals surface area contributed by atoms with Crippen molar-refractivity contribution in [3.05, 3.63) is 93.5 Å². The predicted octanol–water partition coefficient (Wildman–Crippen LogP) is 7.30. The molecule has 1 aromatic heterocycles. The zero-order valence-electron chi connectivity index (χ0n) is 15.9. The normalized spacial score (nSPS) is 16.4. The van der Waals surface area contributed by atoms with Gasteiger partial charge in [-0.15, -0.1) is 0 Å². The average molecular weight is 465 g/mol. The molecule has 5 rings (SSSR count). The van der Waals surface area contributed by atoms with Crippen LogP contribution in [-0.4, -0.2) is 11.1 Å². The third-order valence-electron chi connectivity index (χ3n) is 4.75. The molecule has 1 fully saturated rings. The van der Waals surface area contributed by atoms with Gasteiger partial charge in [-0.05, 0) is 47.5 Å². The van der Waals surface area contributed by atoms with Crippen LogP contribution in [0.15, 0.2) is 87.1 Å². The van der Waals surface area contributed by atoms with E-state index in [0.29, 0.717) is 37.2 Å². The number of thioether (sulfide) groups is 1. The molecular weight excluding hydrogens is 451 g/mol. The first kappa shape index (κ1) is 19.9. The van der Waals surface area contributed by atoms with Crippen LogP contribution in [0.4, 0.5) is 5.69 Å². The maximum Gasteiger partial charge on any atom is 0.264 e. The van der Waals surface area contributed by atoms with E-state index in [2.05, 4.69) is 10.3 Å². The Bertz CT molecular complexity index is 1370. The molecule has 31 heavy (non-hydrogen) atoms. The third kappa shape index (κ3) is 4.00. The zero-order valence-corrected chi connectivity index (χ0v) is 18.3. The van der Waals surface area contributed by atoms with Crippen LogP contribution >= 0.6 is 35.0 Å². The molecule has 3 aromatic carbocycles. The molecule has 0 unspecified atom stereocenters. The van der Waals surface area contributed by atoms with Crippen LogP contribution in [0.1, 0.15) is 5.76 Å². The highest BCUT2D eigenvalue weighted by Gasteiger charge is 2.24. The van der Waals surface area contributed by atoms with Crippen molar-refractivity contribution in [2.75, 3.05) is 0 Å². The fraction of sp³-hybridized carbons (Fsp3) is 0. The minimum Gasteiger partial charge on any atom is -0.457 e. The van der Waals surface area contributed by atoms with E-state index in [9.17, 15) is 4.79 Å². The number of amidine groups is 1. The SMILES string of the molecule is O=C1NC(=Nc2cccc3ccccc23)SC1=Cc1ccc(-c2c(Cl)cccc2Cl)o1. The lowest BCUT2D eigenvalue weighted by Crippen LogP contribution is -2.19. The minimum atomic E-state index is -0.224. The van der Waals surface area contributed by atoms with Crippen LogP contribution in [0.5, 0.6) is 0 Å². The zero-order chi connectivity index (χ0) is 21.4. The Morgan fingerprint density at radius 3 is 2.48 bits per heavy atom. The van der Waals surface area contributed by atoms with Crippen molar-refractivity contribution in [2.24, 2.45) is 4.99 Å². The summed E-state index contributed by atoms with van der Waals surface area (Å²) in [6, 6.07) is 22.7. The molecule has 1 N–H and O–H groups in total. The van der Waals surface area contributed by atoms with E-state index >= 15 is 0 Å². The summed E-state index contributed by atoms with van der Waals surface area (Å²) in [5.41, 5.74) is 1.42. The van der Waals surface area contributed by atoms with Crippen LogP contribution in [-0.2, 0) is 4.79 Å². The van der Waals surface area contributed by atoms with Crippen molar-refractivity contribution in [3.8, 4) is 11.3 Å². The van der Waals surface area contributed by atoms with Gasteiger partial charge in [0.15, 0.2) is 5.17 Å². The summed E-state index contributed by atoms with van der Waals surface area (Å²) in [5, 5.41) is 6.45. The van der Waals surface area contributed by atoms with Gasteiger partial charge in [0.05, 0.1) is 26.2 Å². The molecule has 7 heteroatoms. The Hall–Kier alpha value is -2.99. The largest absolute Gasteiger partial charge is 0.457 e. The molecule has 0 spiro atoms. The first-order valence-electron chi connectivity index (χ1n) is 9.40. The number of benzene rings is 3. The van der Waals surface area contributed by atoms with Gasteiger partial charge in [-0.3, -0.25) is 4.79 Å². The van der Waals surface area contributed by atoms with Crippen LogP contribution in [0.25, 0.3) is 28.2 Å². The Morgan fingerprint density at radius 2 is 1.65 bits per heavy atom. The predicted molar refractivity (Wildman–Crippen MR) is 129 cm³/mol. The molecule has 0 bridgehead atoms. The Kier molecular flexibility index (Phi) is 5.32. The van der Waals surface area contributed by atoms with E-state index in [1.165, 1.54) is 11.8 Å². The molecule has 0 aliphatic carbocycles. The van der Waals surface area contributed by atoms with E-state index in [4.69, 9.17) is 27.6 Å².